The van der Waals surface area contributed by atoms with Gasteiger partial charge < -0.3 is 5.32 Å². The maximum absolute atomic E-state index is 11.2. The number of anilines is 1. The first kappa shape index (κ1) is 13.5. The Morgan fingerprint density at radius 1 is 1.33 bits per heavy atom. The van der Waals surface area contributed by atoms with Gasteiger partial charge in [0.2, 0.25) is 10.0 Å². The molecule has 1 aromatic carbocycles. The quantitative estimate of drug-likeness (QED) is 0.893. The van der Waals surface area contributed by atoms with Crippen molar-refractivity contribution in [2.45, 2.75) is 11.4 Å². The van der Waals surface area contributed by atoms with Gasteiger partial charge in [0.15, 0.2) is 0 Å². The van der Waals surface area contributed by atoms with Crippen LogP contribution < -0.4 is 10.5 Å². The number of nitrogens with two attached hydrogens (primary N) is 1. The molecule has 96 valence electrons. The first-order chi connectivity index (χ1) is 8.47. The Bertz CT molecular complexity index is 653. The predicted octanol–water partition coefficient (Wildman–Crippen LogP) is 2.77. The van der Waals surface area contributed by atoms with Crippen molar-refractivity contribution in [2.75, 3.05) is 5.32 Å². The molecule has 2 aromatic rings. The molecule has 0 saturated heterocycles. The van der Waals surface area contributed by atoms with Crippen molar-refractivity contribution in [2.24, 2.45) is 5.14 Å². The molecule has 0 atom stereocenters. The van der Waals surface area contributed by atoms with E-state index in [9.17, 15) is 8.42 Å². The summed E-state index contributed by atoms with van der Waals surface area (Å²) in [6, 6.07) is 8.43. The normalized spacial score (nSPS) is 11.4. The second-order valence-corrected chi connectivity index (χ2v) is 7.03. The molecule has 0 aliphatic rings. The number of benzene rings is 1. The molecule has 4 nitrogen and oxygen atoms in total. The number of primary sulfonamides is 1. The summed E-state index contributed by atoms with van der Waals surface area (Å²) in [5, 5.41) is 10.2. The van der Waals surface area contributed by atoms with Crippen LogP contribution in [0.5, 0.6) is 0 Å². The SMILES string of the molecule is NS(=O)(=O)c1cccc(NCc2sccc2Br)c1. The lowest BCUT2D eigenvalue weighted by Crippen LogP contribution is -2.12. The minimum absolute atomic E-state index is 0.109. The van der Waals surface area contributed by atoms with E-state index < -0.39 is 10.0 Å². The largest absolute Gasteiger partial charge is 0.380 e. The average Bonchev–Trinajstić information content (AvgIpc) is 2.72. The number of hydrogen-bond donors (Lipinski definition) is 2. The van der Waals surface area contributed by atoms with Crippen LogP contribution in [0.1, 0.15) is 4.88 Å². The maximum atomic E-state index is 11.2. The third-order valence-electron chi connectivity index (χ3n) is 2.31. The second kappa shape index (κ2) is 5.40. The molecule has 0 fully saturated rings. The first-order valence-corrected chi connectivity index (χ1v) is 8.27. The van der Waals surface area contributed by atoms with Gasteiger partial charge in [-0.2, -0.15) is 0 Å². The summed E-state index contributed by atoms with van der Waals surface area (Å²) in [4.78, 5) is 1.26. The standard InChI is InChI=1S/C11H11BrN2O2S2/c12-10-4-5-17-11(10)7-14-8-2-1-3-9(6-8)18(13,15)16/h1-6,14H,7H2,(H2,13,15,16). The topological polar surface area (TPSA) is 72.2 Å². The summed E-state index contributed by atoms with van der Waals surface area (Å²) in [5.74, 6) is 0. The fraction of sp³-hybridized carbons (Fsp3) is 0.0909. The molecule has 0 spiro atoms. The number of halogens is 1. The van der Waals surface area contributed by atoms with E-state index in [0.29, 0.717) is 6.54 Å². The summed E-state index contributed by atoms with van der Waals surface area (Å²) < 4.78 is 23.5. The van der Waals surface area contributed by atoms with Crippen molar-refractivity contribution in [3.05, 3.63) is 45.1 Å². The van der Waals surface area contributed by atoms with Gasteiger partial charge in [-0.3, -0.25) is 0 Å². The third kappa shape index (κ3) is 3.32. The van der Waals surface area contributed by atoms with Crippen molar-refractivity contribution < 1.29 is 8.42 Å². The molecule has 0 radical (unpaired) electrons. The van der Waals surface area contributed by atoms with Gasteiger partial charge in [0.1, 0.15) is 0 Å². The Kier molecular flexibility index (Phi) is 4.06. The van der Waals surface area contributed by atoms with Crippen LogP contribution in [0.2, 0.25) is 0 Å². The predicted molar refractivity (Wildman–Crippen MR) is 77.2 cm³/mol. The van der Waals surface area contributed by atoms with Gasteiger partial charge in [-0.25, -0.2) is 13.6 Å². The van der Waals surface area contributed by atoms with Gasteiger partial charge >= 0.3 is 0 Å². The lowest BCUT2D eigenvalue weighted by atomic mass is 10.3. The number of nitrogens with one attached hydrogen (secondary N) is 1. The second-order valence-electron chi connectivity index (χ2n) is 3.62. The Morgan fingerprint density at radius 3 is 2.72 bits per heavy atom. The Labute approximate surface area is 118 Å². The van der Waals surface area contributed by atoms with Crippen molar-refractivity contribution in [3.63, 3.8) is 0 Å². The monoisotopic (exact) mass is 346 g/mol. The molecule has 0 aliphatic heterocycles. The van der Waals surface area contributed by atoms with Crippen molar-refractivity contribution in [1.29, 1.82) is 0 Å². The van der Waals surface area contributed by atoms with Crippen LogP contribution >= 0.6 is 27.3 Å². The molecule has 1 aromatic heterocycles. The van der Waals surface area contributed by atoms with Gasteiger partial charge in [0.05, 0.1) is 11.4 Å². The van der Waals surface area contributed by atoms with Crippen LogP contribution in [0, 0.1) is 0 Å². The van der Waals surface area contributed by atoms with Gasteiger partial charge in [-0.15, -0.1) is 11.3 Å². The lowest BCUT2D eigenvalue weighted by Gasteiger charge is -2.07. The van der Waals surface area contributed by atoms with E-state index in [1.54, 1.807) is 23.5 Å². The zero-order valence-electron chi connectivity index (χ0n) is 9.26. The van der Waals surface area contributed by atoms with Gasteiger partial charge in [0.25, 0.3) is 0 Å². The molecule has 0 aliphatic carbocycles. The molecule has 0 unspecified atom stereocenters. The number of thiophene rings is 1. The van der Waals surface area contributed by atoms with E-state index in [4.69, 9.17) is 5.14 Å². The summed E-state index contributed by atoms with van der Waals surface area (Å²) in [5.41, 5.74) is 0.724. The van der Waals surface area contributed by atoms with Crippen LogP contribution in [-0.2, 0) is 16.6 Å². The molecule has 3 N–H and O–H groups in total. The van der Waals surface area contributed by atoms with Crippen LogP contribution in [0.4, 0.5) is 5.69 Å². The van der Waals surface area contributed by atoms with E-state index in [0.717, 1.165) is 15.0 Å². The lowest BCUT2D eigenvalue weighted by molar-refractivity contribution is 0.598. The Morgan fingerprint density at radius 2 is 2.11 bits per heavy atom. The summed E-state index contributed by atoms with van der Waals surface area (Å²) in [7, 11) is -3.65. The Hall–Kier alpha value is -0.890. The fourth-order valence-electron chi connectivity index (χ4n) is 1.42. The van der Waals surface area contributed by atoms with E-state index in [1.807, 2.05) is 11.4 Å². The van der Waals surface area contributed by atoms with E-state index >= 15 is 0 Å². The van der Waals surface area contributed by atoms with Crippen LogP contribution in [0.3, 0.4) is 0 Å². The molecule has 0 amide bonds. The number of sulfonamides is 1. The van der Waals surface area contributed by atoms with E-state index in [1.165, 1.54) is 12.1 Å². The highest BCUT2D eigenvalue weighted by molar-refractivity contribution is 9.10. The number of hydrogen-bond acceptors (Lipinski definition) is 4. The zero-order valence-corrected chi connectivity index (χ0v) is 12.5. The summed E-state index contributed by atoms with van der Waals surface area (Å²) >= 11 is 5.07. The average molecular weight is 347 g/mol. The van der Waals surface area contributed by atoms with Gasteiger partial charge in [-0.05, 0) is 45.6 Å². The molecular formula is C11H11BrN2O2S2. The fourth-order valence-corrected chi connectivity index (χ4v) is 3.41. The van der Waals surface area contributed by atoms with E-state index in [-0.39, 0.29) is 4.90 Å². The van der Waals surface area contributed by atoms with Gasteiger partial charge in [0, 0.05) is 15.0 Å². The highest BCUT2D eigenvalue weighted by atomic mass is 79.9. The van der Waals surface area contributed by atoms with Crippen molar-refractivity contribution in [1.82, 2.24) is 0 Å². The maximum Gasteiger partial charge on any atom is 0.238 e. The molecular weight excluding hydrogens is 336 g/mol. The first-order valence-electron chi connectivity index (χ1n) is 5.05. The highest BCUT2D eigenvalue weighted by Crippen LogP contribution is 2.24. The molecule has 7 heteroatoms. The molecule has 0 bridgehead atoms. The van der Waals surface area contributed by atoms with Crippen molar-refractivity contribution >= 4 is 43.0 Å². The Balaban J connectivity index is 2.13. The number of rotatable bonds is 4. The van der Waals surface area contributed by atoms with Crippen molar-refractivity contribution in [3.8, 4) is 0 Å². The molecule has 2 rings (SSSR count). The van der Waals surface area contributed by atoms with Gasteiger partial charge in [-0.1, -0.05) is 6.07 Å². The van der Waals surface area contributed by atoms with E-state index in [2.05, 4.69) is 21.2 Å². The van der Waals surface area contributed by atoms with Crippen LogP contribution in [0.15, 0.2) is 45.1 Å². The summed E-state index contributed by atoms with van der Waals surface area (Å²) in [6.07, 6.45) is 0. The third-order valence-corrected chi connectivity index (χ3v) is 5.14. The minimum atomic E-state index is -3.65. The molecule has 1 heterocycles. The molecule has 18 heavy (non-hydrogen) atoms. The smallest absolute Gasteiger partial charge is 0.238 e. The van der Waals surface area contributed by atoms with Crippen LogP contribution in [-0.4, -0.2) is 8.42 Å². The highest BCUT2D eigenvalue weighted by Gasteiger charge is 2.08. The summed E-state index contributed by atoms with van der Waals surface area (Å²) in [6.45, 7) is 0.631. The molecule has 0 saturated carbocycles. The zero-order chi connectivity index (χ0) is 13.2. The minimum Gasteiger partial charge on any atom is -0.380 e. The van der Waals surface area contributed by atoms with Crippen LogP contribution in [0.25, 0.3) is 0 Å².